The van der Waals surface area contributed by atoms with Gasteiger partial charge < -0.3 is 15.5 Å². The first-order valence-corrected chi connectivity index (χ1v) is 8.20. The van der Waals surface area contributed by atoms with E-state index >= 15 is 0 Å². The Morgan fingerprint density at radius 3 is 2.76 bits per heavy atom. The van der Waals surface area contributed by atoms with Crippen molar-refractivity contribution in [2.24, 2.45) is 0 Å². The van der Waals surface area contributed by atoms with Gasteiger partial charge in [0, 0.05) is 19.1 Å². The van der Waals surface area contributed by atoms with Crippen LogP contribution in [0.3, 0.4) is 0 Å². The summed E-state index contributed by atoms with van der Waals surface area (Å²) in [6, 6.07) is 10.8. The van der Waals surface area contributed by atoms with Gasteiger partial charge in [0.15, 0.2) is 0 Å². The zero-order valence-electron chi connectivity index (χ0n) is 12.6. The van der Waals surface area contributed by atoms with Crippen molar-refractivity contribution in [2.75, 3.05) is 37.3 Å². The number of benzene rings is 1. The molecule has 1 fully saturated rings. The van der Waals surface area contributed by atoms with Crippen molar-refractivity contribution < 1.29 is 0 Å². The summed E-state index contributed by atoms with van der Waals surface area (Å²) in [5.41, 5.74) is 8.40. The van der Waals surface area contributed by atoms with Crippen LogP contribution in [0.5, 0.6) is 0 Å². The Hall–Kier alpha value is -1.59. The summed E-state index contributed by atoms with van der Waals surface area (Å²) in [6.07, 6.45) is 1.17. The standard InChI is InChI=1S/C16H22N4S/c1-12-11-19(2)9-6-10-20(12)16-14(15(17)18-21-16)13-7-4-3-5-8-13/h3-5,7-8,12H,6,9-11H2,1-2H3,(H2,17,18). The van der Waals surface area contributed by atoms with Gasteiger partial charge >= 0.3 is 0 Å². The third-order valence-corrected chi connectivity index (χ3v) is 4.97. The van der Waals surface area contributed by atoms with Crippen molar-refractivity contribution in [2.45, 2.75) is 19.4 Å². The van der Waals surface area contributed by atoms with Gasteiger partial charge in [0.2, 0.25) is 0 Å². The van der Waals surface area contributed by atoms with Gasteiger partial charge in [-0.05, 0) is 44.0 Å². The van der Waals surface area contributed by atoms with Crippen molar-refractivity contribution in [1.82, 2.24) is 9.27 Å². The maximum absolute atomic E-state index is 6.15. The summed E-state index contributed by atoms with van der Waals surface area (Å²) in [6.45, 7) is 5.57. The minimum atomic E-state index is 0.472. The fraction of sp³-hybridized carbons (Fsp3) is 0.438. The predicted molar refractivity (Wildman–Crippen MR) is 90.9 cm³/mol. The molecule has 2 N–H and O–H groups in total. The number of hydrogen-bond acceptors (Lipinski definition) is 5. The van der Waals surface area contributed by atoms with Crippen molar-refractivity contribution in [3.05, 3.63) is 30.3 Å². The van der Waals surface area contributed by atoms with Crippen molar-refractivity contribution in [3.8, 4) is 11.1 Å². The second kappa shape index (κ2) is 6.03. The van der Waals surface area contributed by atoms with Crippen LogP contribution in [0.15, 0.2) is 30.3 Å². The SMILES string of the molecule is CC1CN(C)CCCN1c1snc(N)c1-c1ccccc1. The molecule has 1 aliphatic heterocycles. The number of hydrogen-bond donors (Lipinski definition) is 1. The highest BCUT2D eigenvalue weighted by molar-refractivity contribution is 7.11. The summed E-state index contributed by atoms with van der Waals surface area (Å²) < 4.78 is 4.42. The fourth-order valence-corrected chi connectivity index (χ4v) is 4.01. The molecule has 4 nitrogen and oxygen atoms in total. The van der Waals surface area contributed by atoms with Gasteiger partial charge in [-0.25, -0.2) is 0 Å². The Kier molecular flexibility index (Phi) is 4.12. The van der Waals surface area contributed by atoms with Crippen LogP contribution in [0.25, 0.3) is 11.1 Å². The number of nitrogens with zero attached hydrogens (tertiary/aromatic N) is 3. The Balaban J connectivity index is 1.99. The highest BCUT2D eigenvalue weighted by atomic mass is 32.1. The van der Waals surface area contributed by atoms with Gasteiger partial charge in [-0.15, -0.1) is 0 Å². The number of aromatic nitrogens is 1. The first kappa shape index (κ1) is 14.4. The molecule has 0 saturated carbocycles. The Bertz CT molecular complexity index is 596. The zero-order valence-corrected chi connectivity index (χ0v) is 13.4. The van der Waals surface area contributed by atoms with Crippen molar-refractivity contribution in [3.63, 3.8) is 0 Å². The molecule has 1 aromatic heterocycles. The van der Waals surface area contributed by atoms with Crippen LogP contribution in [0.4, 0.5) is 10.8 Å². The molecule has 1 unspecified atom stereocenters. The molecular formula is C16H22N4S. The molecule has 0 bridgehead atoms. The van der Waals surface area contributed by atoms with E-state index in [1.807, 2.05) is 6.07 Å². The molecule has 0 aliphatic carbocycles. The van der Waals surface area contributed by atoms with Crippen LogP contribution < -0.4 is 10.6 Å². The molecule has 0 radical (unpaired) electrons. The normalized spacial score (nSPS) is 20.5. The monoisotopic (exact) mass is 302 g/mol. The number of nitrogen functional groups attached to an aromatic ring is 1. The minimum absolute atomic E-state index is 0.472. The predicted octanol–water partition coefficient (Wildman–Crippen LogP) is 2.92. The maximum atomic E-state index is 6.15. The molecule has 5 heteroatoms. The number of nitrogens with two attached hydrogens (primary N) is 1. The van der Waals surface area contributed by atoms with Gasteiger partial charge in [0.05, 0.1) is 5.56 Å². The molecule has 1 saturated heterocycles. The summed E-state index contributed by atoms with van der Waals surface area (Å²) in [4.78, 5) is 4.87. The van der Waals surface area contributed by atoms with Crippen LogP contribution >= 0.6 is 11.5 Å². The van der Waals surface area contributed by atoms with E-state index in [1.165, 1.54) is 23.0 Å². The van der Waals surface area contributed by atoms with E-state index in [0.717, 1.165) is 30.8 Å². The fourth-order valence-electron chi connectivity index (χ4n) is 3.04. The van der Waals surface area contributed by atoms with Crippen molar-refractivity contribution in [1.29, 1.82) is 0 Å². The largest absolute Gasteiger partial charge is 0.382 e. The summed E-state index contributed by atoms with van der Waals surface area (Å²) >= 11 is 1.52. The van der Waals surface area contributed by atoms with Crippen LogP contribution in [0.2, 0.25) is 0 Å². The molecule has 1 atom stereocenters. The van der Waals surface area contributed by atoms with Crippen LogP contribution in [0.1, 0.15) is 13.3 Å². The van der Waals surface area contributed by atoms with Gasteiger partial charge in [-0.1, -0.05) is 30.3 Å². The third kappa shape index (κ3) is 2.89. The topological polar surface area (TPSA) is 45.4 Å². The number of rotatable bonds is 2. The Morgan fingerprint density at radius 1 is 1.24 bits per heavy atom. The highest BCUT2D eigenvalue weighted by Gasteiger charge is 2.25. The number of anilines is 2. The second-order valence-electron chi connectivity index (χ2n) is 5.77. The van der Waals surface area contributed by atoms with Gasteiger partial charge in [0.25, 0.3) is 0 Å². The van der Waals surface area contributed by atoms with E-state index in [1.54, 1.807) is 0 Å². The quantitative estimate of drug-likeness (QED) is 0.926. The lowest BCUT2D eigenvalue weighted by Crippen LogP contribution is -2.37. The molecule has 2 heterocycles. The molecule has 21 heavy (non-hydrogen) atoms. The van der Waals surface area contributed by atoms with Gasteiger partial charge in [0.1, 0.15) is 10.8 Å². The first-order chi connectivity index (χ1) is 10.2. The molecule has 2 aromatic rings. The Labute approximate surface area is 130 Å². The number of likely N-dealkylation sites (N-methyl/N-ethyl adjacent to an activating group) is 1. The van der Waals surface area contributed by atoms with Crippen LogP contribution in [-0.4, -0.2) is 42.0 Å². The molecule has 1 aliphatic rings. The molecule has 0 spiro atoms. The molecule has 0 amide bonds. The minimum Gasteiger partial charge on any atom is -0.382 e. The summed E-state index contributed by atoms with van der Waals surface area (Å²) in [7, 11) is 2.19. The van der Waals surface area contributed by atoms with Gasteiger partial charge in [-0.3, -0.25) is 0 Å². The lowest BCUT2D eigenvalue weighted by atomic mass is 10.1. The highest BCUT2D eigenvalue weighted by Crippen LogP contribution is 2.40. The van der Waals surface area contributed by atoms with E-state index in [-0.39, 0.29) is 0 Å². The molecule has 3 rings (SSSR count). The van der Waals surface area contributed by atoms with Crippen molar-refractivity contribution >= 4 is 22.4 Å². The van der Waals surface area contributed by atoms with E-state index < -0.39 is 0 Å². The smallest absolute Gasteiger partial charge is 0.147 e. The first-order valence-electron chi connectivity index (χ1n) is 7.42. The van der Waals surface area contributed by atoms with Gasteiger partial charge in [-0.2, -0.15) is 4.37 Å². The second-order valence-corrected chi connectivity index (χ2v) is 6.52. The van der Waals surface area contributed by atoms with Crippen LogP contribution in [0, 0.1) is 0 Å². The van der Waals surface area contributed by atoms with Crippen LogP contribution in [-0.2, 0) is 0 Å². The lowest BCUT2D eigenvalue weighted by Gasteiger charge is -2.29. The summed E-state index contributed by atoms with van der Waals surface area (Å²) in [5.74, 6) is 0.644. The summed E-state index contributed by atoms with van der Waals surface area (Å²) in [5, 5.41) is 1.21. The zero-order chi connectivity index (χ0) is 14.8. The molecule has 1 aromatic carbocycles. The molecular weight excluding hydrogens is 280 g/mol. The third-order valence-electron chi connectivity index (χ3n) is 4.07. The van der Waals surface area contributed by atoms with E-state index in [2.05, 4.69) is 52.4 Å². The average molecular weight is 302 g/mol. The Morgan fingerprint density at radius 2 is 2.00 bits per heavy atom. The lowest BCUT2D eigenvalue weighted by molar-refractivity contribution is 0.337. The molecule has 112 valence electrons. The van der Waals surface area contributed by atoms with E-state index in [4.69, 9.17) is 5.73 Å². The maximum Gasteiger partial charge on any atom is 0.147 e. The average Bonchev–Trinajstić information content (AvgIpc) is 2.77. The van der Waals surface area contributed by atoms with E-state index in [9.17, 15) is 0 Å². The van der Waals surface area contributed by atoms with E-state index in [0.29, 0.717) is 11.9 Å².